The number of Topliss-reactive ketones (excluding diaryl/α,β-unsaturated/α-hetero) is 1. The predicted octanol–water partition coefficient (Wildman–Crippen LogP) is 5.24. The van der Waals surface area contributed by atoms with Crippen LogP contribution in [0.5, 0.6) is 0 Å². The smallest absolute Gasteiger partial charge is 0.242 e. The summed E-state index contributed by atoms with van der Waals surface area (Å²) in [5, 5.41) is 12.4. The van der Waals surface area contributed by atoms with E-state index in [1.807, 2.05) is 50.2 Å². The number of nitrogens with zero attached hydrogens (tertiary/aromatic N) is 2. The van der Waals surface area contributed by atoms with Gasteiger partial charge in [0.05, 0.1) is 5.56 Å². The molecule has 0 aliphatic heterocycles. The molecule has 0 aliphatic rings. The van der Waals surface area contributed by atoms with E-state index in [1.54, 1.807) is 24.3 Å². The Balaban J connectivity index is 1.97. The van der Waals surface area contributed by atoms with Crippen LogP contribution in [0.4, 0.5) is 5.69 Å². The van der Waals surface area contributed by atoms with Crippen molar-refractivity contribution in [1.82, 2.24) is 4.98 Å². The number of hydrogen-bond donors (Lipinski definition) is 1. The molecule has 0 spiro atoms. The van der Waals surface area contributed by atoms with Gasteiger partial charge in [0.15, 0.2) is 5.78 Å². The summed E-state index contributed by atoms with van der Waals surface area (Å²) < 4.78 is 0. The quantitative estimate of drug-likeness (QED) is 0.439. The molecule has 1 N–H and O–H groups in total. The second kappa shape index (κ2) is 9.38. The van der Waals surface area contributed by atoms with Gasteiger partial charge in [0.2, 0.25) is 5.91 Å². The Morgan fingerprint density at radius 2 is 1.80 bits per heavy atom. The summed E-state index contributed by atoms with van der Waals surface area (Å²) in [6, 6.07) is 20.3. The van der Waals surface area contributed by atoms with Gasteiger partial charge in [-0.2, -0.15) is 5.26 Å². The van der Waals surface area contributed by atoms with Crippen molar-refractivity contribution >= 4 is 29.1 Å². The van der Waals surface area contributed by atoms with Crippen molar-refractivity contribution in [2.24, 2.45) is 0 Å². The molecule has 1 atom stereocenters. The fraction of sp³-hybridized carbons (Fsp3) is 0.167. The molecule has 1 aromatic heterocycles. The summed E-state index contributed by atoms with van der Waals surface area (Å²) in [5.41, 5.74) is 3.96. The molecule has 6 heteroatoms. The summed E-state index contributed by atoms with van der Waals surface area (Å²) in [5.74, 6) is -0.324. The van der Waals surface area contributed by atoms with Crippen molar-refractivity contribution in [1.29, 1.82) is 5.26 Å². The van der Waals surface area contributed by atoms with Crippen LogP contribution in [0.1, 0.15) is 44.9 Å². The number of amides is 1. The first-order valence-electron chi connectivity index (χ1n) is 9.41. The highest BCUT2D eigenvalue weighted by Crippen LogP contribution is 2.37. The molecule has 0 fully saturated rings. The third-order valence-corrected chi connectivity index (χ3v) is 5.77. The van der Waals surface area contributed by atoms with E-state index in [0.29, 0.717) is 21.8 Å². The lowest BCUT2D eigenvalue weighted by molar-refractivity contribution is -0.115. The summed E-state index contributed by atoms with van der Waals surface area (Å²) in [6.45, 7) is 5.21. The Morgan fingerprint density at radius 3 is 2.47 bits per heavy atom. The number of aryl methyl sites for hydroxylation is 2. The third kappa shape index (κ3) is 4.94. The zero-order valence-corrected chi connectivity index (χ0v) is 17.8. The predicted molar refractivity (Wildman–Crippen MR) is 119 cm³/mol. The monoisotopic (exact) mass is 415 g/mol. The molecule has 1 amide bonds. The van der Waals surface area contributed by atoms with Crippen molar-refractivity contribution in [3.63, 3.8) is 0 Å². The van der Waals surface area contributed by atoms with Crippen LogP contribution in [0.15, 0.2) is 65.7 Å². The molecular weight excluding hydrogens is 394 g/mol. The van der Waals surface area contributed by atoms with Gasteiger partial charge in [-0.25, -0.2) is 4.98 Å². The second-order valence-corrected chi connectivity index (χ2v) is 8.00. The normalized spacial score (nSPS) is 11.4. The number of thioether (sulfide) groups is 1. The van der Waals surface area contributed by atoms with E-state index < -0.39 is 5.25 Å². The second-order valence-electron chi connectivity index (χ2n) is 6.91. The zero-order valence-electron chi connectivity index (χ0n) is 17.0. The molecule has 30 heavy (non-hydrogen) atoms. The summed E-state index contributed by atoms with van der Waals surface area (Å²) in [6.07, 6.45) is 0. The molecule has 0 bridgehead atoms. The third-order valence-electron chi connectivity index (χ3n) is 4.53. The first-order valence-corrected chi connectivity index (χ1v) is 10.3. The maximum absolute atomic E-state index is 13.2. The molecule has 2 aromatic carbocycles. The van der Waals surface area contributed by atoms with Gasteiger partial charge in [-0.3, -0.25) is 9.59 Å². The fourth-order valence-electron chi connectivity index (χ4n) is 3.06. The van der Waals surface area contributed by atoms with Crippen LogP contribution in [0.2, 0.25) is 0 Å². The van der Waals surface area contributed by atoms with Crippen LogP contribution in [-0.4, -0.2) is 16.7 Å². The molecule has 5 nitrogen and oxygen atoms in total. The van der Waals surface area contributed by atoms with Crippen LogP contribution in [0.25, 0.3) is 0 Å². The molecule has 0 saturated carbocycles. The average molecular weight is 416 g/mol. The topological polar surface area (TPSA) is 82.8 Å². The highest BCUT2D eigenvalue weighted by atomic mass is 32.2. The van der Waals surface area contributed by atoms with Gasteiger partial charge < -0.3 is 5.32 Å². The number of aromatic nitrogens is 1. The Hall–Kier alpha value is -3.43. The molecular formula is C24H21N3O2S. The van der Waals surface area contributed by atoms with Crippen molar-refractivity contribution in [2.45, 2.75) is 31.0 Å². The summed E-state index contributed by atoms with van der Waals surface area (Å²) >= 11 is 1.25. The zero-order chi connectivity index (χ0) is 21.7. The van der Waals surface area contributed by atoms with Crippen LogP contribution in [0.3, 0.4) is 0 Å². The van der Waals surface area contributed by atoms with E-state index in [0.717, 1.165) is 16.8 Å². The van der Waals surface area contributed by atoms with Gasteiger partial charge in [0.25, 0.3) is 0 Å². The van der Waals surface area contributed by atoms with Crippen LogP contribution >= 0.6 is 11.8 Å². The van der Waals surface area contributed by atoms with E-state index in [-0.39, 0.29) is 11.7 Å². The maximum Gasteiger partial charge on any atom is 0.242 e. The van der Waals surface area contributed by atoms with E-state index in [9.17, 15) is 14.9 Å². The van der Waals surface area contributed by atoms with Gasteiger partial charge in [-0.15, -0.1) is 0 Å². The molecule has 3 rings (SSSR count). The molecule has 0 saturated heterocycles. The largest absolute Gasteiger partial charge is 0.325 e. The number of nitrogens with one attached hydrogen (secondary N) is 1. The average Bonchev–Trinajstić information content (AvgIpc) is 2.72. The minimum absolute atomic E-state index is 0.0711. The Labute approximate surface area is 180 Å². The standard InChI is InChI=1S/C24H21N3O2S/c1-15-12-16(2)26-24(21(15)14-25)30-22(18-8-5-4-6-9-18)23(29)27-20-11-7-10-19(13-20)17(3)28/h4-13,22H,1-3H3,(H,27,29). The lowest BCUT2D eigenvalue weighted by Crippen LogP contribution is -2.19. The van der Waals surface area contributed by atoms with Gasteiger partial charge in [0.1, 0.15) is 16.3 Å². The van der Waals surface area contributed by atoms with Gasteiger partial charge in [-0.05, 0) is 50.1 Å². The molecule has 1 unspecified atom stereocenters. The molecule has 0 radical (unpaired) electrons. The fourth-order valence-corrected chi connectivity index (χ4v) is 4.26. The number of ketones is 1. The van der Waals surface area contributed by atoms with Crippen molar-refractivity contribution < 1.29 is 9.59 Å². The van der Waals surface area contributed by atoms with E-state index in [1.165, 1.54) is 18.7 Å². The van der Waals surface area contributed by atoms with Crippen LogP contribution in [0, 0.1) is 25.2 Å². The van der Waals surface area contributed by atoms with Gasteiger partial charge in [-0.1, -0.05) is 54.2 Å². The highest BCUT2D eigenvalue weighted by Gasteiger charge is 2.25. The van der Waals surface area contributed by atoms with Crippen LogP contribution < -0.4 is 5.32 Å². The number of hydrogen-bond acceptors (Lipinski definition) is 5. The van der Waals surface area contributed by atoms with Gasteiger partial charge >= 0.3 is 0 Å². The Morgan fingerprint density at radius 1 is 1.07 bits per heavy atom. The number of nitriles is 1. The first kappa shape index (κ1) is 21.3. The molecule has 3 aromatic rings. The van der Waals surface area contributed by atoms with Crippen molar-refractivity contribution in [2.75, 3.05) is 5.32 Å². The first-order chi connectivity index (χ1) is 14.4. The maximum atomic E-state index is 13.2. The molecule has 150 valence electrons. The Bertz CT molecular complexity index is 1140. The summed E-state index contributed by atoms with van der Waals surface area (Å²) in [7, 11) is 0. The van der Waals surface area contributed by atoms with E-state index in [2.05, 4.69) is 16.4 Å². The van der Waals surface area contributed by atoms with Crippen molar-refractivity contribution in [3.8, 4) is 6.07 Å². The highest BCUT2D eigenvalue weighted by molar-refractivity contribution is 8.00. The summed E-state index contributed by atoms with van der Waals surface area (Å²) in [4.78, 5) is 29.4. The number of anilines is 1. The van der Waals surface area contributed by atoms with E-state index >= 15 is 0 Å². The lowest BCUT2D eigenvalue weighted by Gasteiger charge is -2.18. The lowest BCUT2D eigenvalue weighted by atomic mass is 10.1. The number of rotatable bonds is 6. The molecule has 1 heterocycles. The van der Waals surface area contributed by atoms with Crippen molar-refractivity contribution in [3.05, 3.63) is 88.6 Å². The number of carbonyl (C=O) groups excluding carboxylic acids is 2. The Kier molecular flexibility index (Phi) is 6.65. The van der Waals surface area contributed by atoms with E-state index in [4.69, 9.17) is 0 Å². The minimum atomic E-state index is -0.618. The SMILES string of the molecule is CC(=O)c1cccc(NC(=O)C(Sc2nc(C)cc(C)c2C#N)c2ccccc2)c1. The minimum Gasteiger partial charge on any atom is -0.325 e. The molecule has 0 aliphatic carbocycles. The van der Waals surface area contributed by atoms with Gasteiger partial charge in [0, 0.05) is 16.9 Å². The number of benzene rings is 2. The number of carbonyl (C=O) groups is 2. The number of pyridine rings is 1. The van der Waals surface area contributed by atoms with Crippen LogP contribution in [-0.2, 0) is 4.79 Å².